The van der Waals surface area contributed by atoms with Crippen LogP contribution in [0.4, 0.5) is 16.2 Å². The second-order valence-corrected chi connectivity index (χ2v) is 6.88. The molecule has 0 heterocycles. The van der Waals surface area contributed by atoms with Gasteiger partial charge in [-0.25, -0.2) is 4.79 Å². The first-order chi connectivity index (χ1) is 13.6. The Balaban J connectivity index is 1.76. The van der Waals surface area contributed by atoms with Gasteiger partial charge in [-0.2, -0.15) is 0 Å². The number of anilines is 2. The largest absolute Gasteiger partial charge is 0.352 e. The van der Waals surface area contributed by atoms with Crippen molar-refractivity contribution in [1.29, 1.82) is 0 Å². The number of hydrogen-bond donors (Lipinski definition) is 4. The summed E-state index contributed by atoms with van der Waals surface area (Å²) >= 11 is 0. The van der Waals surface area contributed by atoms with Crippen LogP contribution in [0.3, 0.4) is 0 Å². The Labute approximate surface area is 166 Å². The molecule has 0 unspecified atom stereocenters. The van der Waals surface area contributed by atoms with E-state index in [1.807, 2.05) is 55.5 Å². The number of benzene rings is 2. The van der Waals surface area contributed by atoms with Gasteiger partial charge in [0.05, 0.1) is 0 Å². The zero-order chi connectivity index (χ0) is 20.2. The van der Waals surface area contributed by atoms with E-state index in [0.29, 0.717) is 25.2 Å². The molecule has 150 valence electrons. The van der Waals surface area contributed by atoms with Crippen LogP contribution in [0.15, 0.2) is 48.5 Å². The molecule has 0 saturated carbocycles. The molecule has 0 spiro atoms. The zero-order valence-corrected chi connectivity index (χ0v) is 16.5. The summed E-state index contributed by atoms with van der Waals surface area (Å²) in [4.78, 5) is 24.1. The highest BCUT2D eigenvalue weighted by molar-refractivity contribution is 5.99. The van der Waals surface area contributed by atoms with Crippen LogP contribution < -0.4 is 21.7 Å². The molecule has 2 aromatic carbocycles. The third kappa shape index (κ3) is 8.22. The van der Waals surface area contributed by atoms with Crippen LogP contribution in [0.1, 0.15) is 43.2 Å². The van der Waals surface area contributed by atoms with E-state index in [4.69, 9.17) is 5.73 Å². The molecule has 3 amide bonds. The van der Waals surface area contributed by atoms with Gasteiger partial charge in [0.15, 0.2) is 0 Å². The molecule has 2 rings (SSSR count). The average molecular weight is 383 g/mol. The predicted octanol–water partition coefficient (Wildman–Crippen LogP) is 4.16. The maximum Gasteiger partial charge on any atom is 0.323 e. The number of urea groups is 1. The summed E-state index contributed by atoms with van der Waals surface area (Å²) < 4.78 is 0. The highest BCUT2D eigenvalue weighted by Crippen LogP contribution is 2.13. The van der Waals surface area contributed by atoms with Crippen molar-refractivity contribution in [2.75, 3.05) is 17.2 Å². The lowest BCUT2D eigenvalue weighted by atomic mass is 10.1. The Morgan fingerprint density at radius 1 is 0.893 bits per heavy atom. The number of nitrogens with two attached hydrogens (primary N) is 1. The summed E-state index contributed by atoms with van der Waals surface area (Å²) in [5.41, 5.74) is 8.90. The fraction of sp³-hybridized carbons (Fsp3) is 0.364. The second kappa shape index (κ2) is 11.8. The number of rotatable bonds is 10. The van der Waals surface area contributed by atoms with E-state index in [1.165, 1.54) is 0 Å². The summed E-state index contributed by atoms with van der Waals surface area (Å²) in [6.45, 7) is 3.12. The molecular formula is C22H30N4O2. The lowest BCUT2D eigenvalue weighted by Gasteiger charge is -2.10. The van der Waals surface area contributed by atoms with Crippen molar-refractivity contribution >= 4 is 23.3 Å². The van der Waals surface area contributed by atoms with Crippen molar-refractivity contribution in [1.82, 2.24) is 5.32 Å². The van der Waals surface area contributed by atoms with E-state index < -0.39 is 0 Å². The second-order valence-electron chi connectivity index (χ2n) is 6.88. The minimum atomic E-state index is -0.302. The van der Waals surface area contributed by atoms with Crippen LogP contribution in [0.25, 0.3) is 0 Å². The van der Waals surface area contributed by atoms with E-state index in [9.17, 15) is 9.59 Å². The Morgan fingerprint density at radius 2 is 1.57 bits per heavy atom. The molecule has 28 heavy (non-hydrogen) atoms. The van der Waals surface area contributed by atoms with Crippen LogP contribution in [0, 0.1) is 6.92 Å². The van der Waals surface area contributed by atoms with Crippen molar-refractivity contribution in [3.05, 3.63) is 59.7 Å². The molecule has 2 aromatic rings. The standard InChI is InChI=1S/C22H30N4O2/c1-17-8-6-10-19(14-17)25-22(28)26-20-11-7-9-18(15-20)16-24-21(27)12-4-2-3-5-13-23/h6-11,14-15H,2-5,12-13,16,23H2,1H3,(H,24,27)(H2,25,26,28). The fourth-order valence-electron chi connectivity index (χ4n) is 2.85. The molecule has 0 aliphatic carbocycles. The molecule has 0 fully saturated rings. The highest BCUT2D eigenvalue weighted by Gasteiger charge is 2.05. The minimum absolute atomic E-state index is 0.0447. The van der Waals surface area contributed by atoms with Crippen molar-refractivity contribution in [2.24, 2.45) is 5.73 Å². The van der Waals surface area contributed by atoms with Gasteiger partial charge in [0.1, 0.15) is 0 Å². The number of unbranched alkanes of at least 4 members (excludes halogenated alkanes) is 3. The van der Waals surface area contributed by atoms with Crippen LogP contribution in [-0.4, -0.2) is 18.5 Å². The van der Waals surface area contributed by atoms with Gasteiger partial charge >= 0.3 is 6.03 Å². The van der Waals surface area contributed by atoms with Gasteiger partial charge in [0, 0.05) is 24.3 Å². The van der Waals surface area contributed by atoms with E-state index in [1.54, 1.807) is 0 Å². The highest BCUT2D eigenvalue weighted by atomic mass is 16.2. The summed E-state index contributed by atoms with van der Waals surface area (Å²) in [5.74, 6) is 0.0447. The fourth-order valence-corrected chi connectivity index (χ4v) is 2.85. The first-order valence-electron chi connectivity index (χ1n) is 9.77. The molecular weight excluding hydrogens is 352 g/mol. The van der Waals surface area contributed by atoms with Gasteiger partial charge in [-0.05, 0) is 61.7 Å². The van der Waals surface area contributed by atoms with Gasteiger partial charge in [-0.1, -0.05) is 37.1 Å². The monoisotopic (exact) mass is 382 g/mol. The minimum Gasteiger partial charge on any atom is -0.352 e. The quantitative estimate of drug-likeness (QED) is 0.465. The molecule has 0 bridgehead atoms. The molecule has 0 aliphatic rings. The van der Waals surface area contributed by atoms with Crippen molar-refractivity contribution in [2.45, 2.75) is 45.6 Å². The molecule has 0 saturated heterocycles. The van der Waals surface area contributed by atoms with E-state index in [2.05, 4.69) is 16.0 Å². The Morgan fingerprint density at radius 3 is 2.29 bits per heavy atom. The van der Waals surface area contributed by atoms with E-state index >= 15 is 0 Å². The lowest BCUT2D eigenvalue weighted by molar-refractivity contribution is -0.121. The van der Waals surface area contributed by atoms with Crippen molar-refractivity contribution < 1.29 is 9.59 Å². The summed E-state index contributed by atoms with van der Waals surface area (Å²) in [6.07, 6.45) is 4.52. The van der Waals surface area contributed by atoms with Crippen LogP contribution in [-0.2, 0) is 11.3 Å². The maximum atomic E-state index is 12.2. The molecule has 0 aromatic heterocycles. The number of carbonyl (C=O) groups is 2. The van der Waals surface area contributed by atoms with Crippen LogP contribution in [0.5, 0.6) is 0 Å². The third-order valence-electron chi connectivity index (χ3n) is 4.31. The predicted molar refractivity (Wildman–Crippen MR) is 114 cm³/mol. The van der Waals surface area contributed by atoms with Crippen LogP contribution >= 0.6 is 0 Å². The molecule has 0 radical (unpaired) electrons. The number of carbonyl (C=O) groups excluding carboxylic acids is 2. The topological polar surface area (TPSA) is 96.2 Å². The maximum absolute atomic E-state index is 12.2. The van der Waals surface area contributed by atoms with Gasteiger partial charge in [0.25, 0.3) is 0 Å². The third-order valence-corrected chi connectivity index (χ3v) is 4.31. The number of hydrogen-bond acceptors (Lipinski definition) is 3. The first kappa shape index (κ1) is 21.4. The summed E-state index contributed by atoms with van der Waals surface area (Å²) in [5, 5.41) is 8.55. The Hall–Kier alpha value is -2.86. The SMILES string of the molecule is Cc1cccc(NC(=O)Nc2cccc(CNC(=O)CCCCCCN)c2)c1. The number of amides is 3. The summed E-state index contributed by atoms with van der Waals surface area (Å²) in [7, 11) is 0. The number of aryl methyl sites for hydroxylation is 1. The normalized spacial score (nSPS) is 10.4. The molecule has 6 nitrogen and oxygen atoms in total. The molecule has 0 aliphatic heterocycles. The van der Waals surface area contributed by atoms with E-state index in [-0.39, 0.29) is 11.9 Å². The van der Waals surface area contributed by atoms with E-state index in [0.717, 1.165) is 42.5 Å². The van der Waals surface area contributed by atoms with Crippen molar-refractivity contribution in [3.63, 3.8) is 0 Å². The average Bonchev–Trinajstić information content (AvgIpc) is 2.66. The number of nitrogens with one attached hydrogen (secondary N) is 3. The van der Waals surface area contributed by atoms with Gasteiger partial charge in [0.2, 0.25) is 5.91 Å². The Bertz CT molecular complexity index is 777. The zero-order valence-electron chi connectivity index (χ0n) is 16.5. The first-order valence-corrected chi connectivity index (χ1v) is 9.77. The smallest absolute Gasteiger partial charge is 0.323 e. The van der Waals surface area contributed by atoms with Gasteiger partial charge in [-0.3, -0.25) is 4.79 Å². The molecule has 0 atom stereocenters. The van der Waals surface area contributed by atoms with Gasteiger partial charge < -0.3 is 21.7 Å². The molecule has 6 heteroatoms. The van der Waals surface area contributed by atoms with Gasteiger partial charge in [-0.15, -0.1) is 0 Å². The molecule has 5 N–H and O–H groups in total. The van der Waals surface area contributed by atoms with Crippen molar-refractivity contribution in [3.8, 4) is 0 Å². The Kier molecular flexibility index (Phi) is 9.01. The van der Waals surface area contributed by atoms with Crippen LogP contribution in [0.2, 0.25) is 0 Å². The lowest BCUT2D eigenvalue weighted by Crippen LogP contribution is -2.23. The summed E-state index contributed by atoms with van der Waals surface area (Å²) in [6, 6.07) is 14.8.